The highest BCUT2D eigenvalue weighted by Crippen LogP contribution is 2.34. The van der Waals surface area contributed by atoms with Gasteiger partial charge in [0, 0.05) is 18.5 Å². The summed E-state index contributed by atoms with van der Waals surface area (Å²) in [5.74, 6) is -1.33. The summed E-state index contributed by atoms with van der Waals surface area (Å²) in [5.41, 5.74) is 1.42. The number of nitrogens with zero attached hydrogens (tertiary/aromatic N) is 2. The summed E-state index contributed by atoms with van der Waals surface area (Å²) in [5, 5.41) is 10.2. The Morgan fingerprint density at radius 3 is 2.68 bits per heavy atom. The summed E-state index contributed by atoms with van der Waals surface area (Å²) in [6, 6.07) is 6.46. The van der Waals surface area contributed by atoms with Crippen LogP contribution in [0.1, 0.15) is 29.4 Å². The number of hydrogen-bond donors (Lipinski definition) is 1. The van der Waals surface area contributed by atoms with Gasteiger partial charge in [-0.3, -0.25) is 19.6 Å². The van der Waals surface area contributed by atoms with Crippen LogP contribution in [0, 0.1) is 6.92 Å². The van der Waals surface area contributed by atoms with Crippen LogP contribution in [-0.4, -0.2) is 28.2 Å². The van der Waals surface area contributed by atoms with Gasteiger partial charge in [-0.1, -0.05) is 6.07 Å². The van der Waals surface area contributed by atoms with Crippen LogP contribution in [0.15, 0.2) is 45.9 Å². The van der Waals surface area contributed by atoms with Gasteiger partial charge in [-0.2, -0.15) is 0 Å². The van der Waals surface area contributed by atoms with Crippen LogP contribution >= 0.6 is 0 Å². The van der Waals surface area contributed by atoms with Gasteiger partial charge < -0.3 is 14.3 Å². The lowest BCUT2D eigenvalue weighted by Gasteiger charge is -2.17. The molecule has 3 aromatic rings. The average molecular weight is 340 g/mol. The molecule has 2 aromatic heterocycles. The van der Waals surface area contributed by atoms with E-state index in [1.54, 1.807) is 37.5 Å². The first-order valence-corrected chi connectivity index (χ1v) is 7.60. The van der Waals surface area contributed by atoms with Crippen molar-refractivity contribution in [1.82, 2.24) is 9.97 Å². The van der Waals surface area contributed by atoms with Gasteiger partial charge in [-0.15, -0.1) is 0 Å². The number of esters is 1. The Balaban J connectivity index is 2.17. The number of aryl methyl sites for hydroxylation is 1. The van der Waals surface area contributed by atoms with Crippen molar-refractivity contribution in [2.75, 3.05) is 7.11 Å². The highest BCUT2D eigenvalue weighted by atomic mass is 16.5. The second kappa shape index (κ2) is 6.72. The quantitative estimate of drug-likeness (QED) is 0.727. The first kappa shape index (κ1) is 16.6. The molecule has 2 heterocycles. The van der Waals surface area contributed by atoms with E-state index in [9.17, 15) is 14.7 Å². The molecule has 0 aliphatic heterocycles. The predicted octanol–water partition coefficient (Wildman–Crippen LogP) is 2.29. The summed E-state index contributed by atoms with van der Waals surface area (Å²) >= 11 is 0. The highest BCUT2D eigenvalue weighted by molar-refractivity contribution is 5.76. The molecule has 0 aliphatic rings. The predicted molar refractivity (Wildman–Crippen MR) is 89.4 cm³/mol. The maximum Gasteiger partial charge on any atom is 0.306 e. The number of hydrogen-bond acceptors (Lipinski definition) is 7. The molecule has 0 bridgehead atoms. The Labute approximate surface area is 142 Å². The Morgan fingerprint density at radius 2 is 1.96 bits per heavy atom. The molecule has 0 amide bonds. The molecule has 25 heavy (non-hydrogen) atoms. The Kier molecular flexibility index (Phi) is 4.47. The van der Waals surface area contributed by atoms with Crippen molar-refractivity contribution in [1.29, 1.82) is 0 Å². The van der Waals surface area contributed by atoms with Crippen molar-refractivity contribution in [3.05, 3.63) is 64.0 Å². The zero-order valence-electron chi connectivity index (χ0n) is 13.7. The molecule has 1 atom stereocenters. The third-order valence-electron chi connectivity index (χ3n) is 3.88. The van der Waals surface area contributed by atoms with Gasteiger partial charge in [-0.05, 0) is 24.6 Å². The van der Waals surface area contributed by atoms with E-state index < -0.39 is 23.1 Å². The van der Waals surface area contributed by atoms with Crippen LogP contribution in [0.4, 0.5) is 0 Å². The molecule has 7 heteroatoms. The van der Waals surface area contributed by atoms with E-state index in [1.807, 2.05) is 0 Å². The van der Waals surface area contributed by atoms with E-state index >= 15 is 0 Å². The first-order valence-electron chi connectivity index (χ1n) is 7.60. The minimum absolute atomic E-state index is 0.0265. The fourth-order valence-corrected chi connectivity index (χ4v) is 2.67. The number of carbonyl (C=O) groups is 1. The molecule has 1 N–H and O–H groups in total. The summed E-state index contributed by atoms with van der Waals surface area (Å²) < 4.78 is 10.3. The number of carbonyl (C=O) groups excluding carboxylic acids is 1. The molecule has 0 saturated heterocycles. The van der Waals surface area contributed by atoms with E-state index in [0.717, 1.165) is 0 Å². The van der Waals surface area contributed by atoms with Crippen LogP contribution in [0.25, 0.3) is 11.0 Å². The number of rotatable bonds is 4. The van der Waals surface area contributed by atoms with Crippen molar-refractivity contribution < 1.29 is 19.1 Å². The Morgan fingerprint density at radius 1 is 1.24 bits per heavy atom. The van der Waals surface area contributed by atoms with E-state index in [2.05, 4.69) is 9.97 Å². The molecule has 0 aliphatic carbocycles. The van der Waals surface area contributed by atoms with Crippen LogP contribution in [0.5, 0.6) is 5.75 Å². The molecule has 3 rings (SSSR count). The summed E-state index contributed by atoms with van der Waals surface area (Å²) in [7, 11) is 1.28. The van der Waals surface area contributed by atoms with Gasteiger partial charge >= 0.3 is 5.97 Å². The molecule has 7 nitrogen and oxygen atoms in total. The van der Waals surface area contributed by atoms with Gasteiger partial charge in [0.15, 0.2) is 5.76 Å². The van der Waals surface area contributed by atoms with Crippen LogP contribution < -0.4 is 5.43 Å². The van der Waals surface area contributed by atoms with Crippen molar-refractivity contribution in [3.8, 4) is 5.75 Å². The maximum atomic E-state index is 11.9. The minimum atomic E-state index is -0.688. The summed E-state index contributed by atoms with van der Waals surface area (Å²) in [4.78, 5) is 32.2. The number of benzene rings is 1. The van der Waals surface area contributed by atoms with Crippen molar-refractivity contribution in [2.24, 2.45) is 0 Å². The third-order valence-corrected chi connectivity index (χ3v) is 3.88. The normalized spacial score (nSPS) is 12.1. The lowest BCUT2D eigenvalue weighted by atomic mass is 9.92. The number of methoxy groups -OCH3 is 1. The lowest BCUT2D eigenvalue weighted by Crippen LogP contribution is -2.13. The van der Waals surface area contributed by atoms with Crippen molar-refractivity contribution in [2.45, 2.75) is 19.3 Å². The Bertz CT molecular complexity index is 996. The molecule has 0 radical (unpaired) electrons. The summed E-state index contributed by atoms with van der Waals surface area (Å²) in [6.07, 6.45) is 3.05. The van der Waals surface area contributed by atoms with Gasteiger partial charge in [0.2, 0.25) is 11.2 Å². The minimum Gasteiger partial charge on any atom is -0.502 e. The zero-order chi connectivity index (χ0) is 18.0. The van der Waals surface area contributed by atoms with E-state index in [4.69, 9.17) is 9.15 Å². The largest absolute Gasteiger partial charge is 0.502 e. The van der Waals surface area contributed by atoms with Crippen molar-refractivity contribution in [3.63, 3.8) is 0 Å². The van der Waals surface area contributed by atoms with Gasteiger partial charge in [-0.25, -0.2) is 0 Å². The zero-order valence-corrected chi connectivity index (χ0v) is 13.7. The smallest absolute Gasteiger partial charge is 0.306 e. The van der Waals surface area contributed by atoms with Gasteiger partial charge in [0.1, 0.15) is 5.76 Å². The monoisotopic (exact) mass is 340 g/mol. The van der Waals surface area contributed by atoms with Gasteiger partial charge in [0.25, 0.3) is 0 Å². The topological polar surface area (TPSA) is 103 Å². The molecule has 128 valence electrons. The average Bonchev–Trinajstić information content (AvgIpc) is 2.62. The SMILES string of the molecule is COC(=O)C[C@@H](c1ccc2nccnc2c1)c1oc(C)cc(=O)c1O. The molecule has 0 unspecified atom stereocenters. The maximum absolute atomic E-state index is 11.9. The number of ether oxygens (including phenoxy) is 1. The lowest BCUT2D eigenvalue weighted by molar-refractivity contribution is -0.140. The highest BCUT2D eigenvalue weighted by Gasteiger charge is 2.26. The second-order valence-corrected chi connectivity index (χ2v) is 5.57. The van der Waals surface area contributed by atoms with E-state index in [1.165, 1.54) is 13.2 Å². The van der Waals surface area contributed by atoms with Crippen LogP contribution in [0.3, 0.4) is 0 Å². The third kappa shape index (κ3) is 3.35. The van der Waals surface area contributed by atoms with Crippen molar-refractivity contribution >= 4 is 17.0 Å². The molecular weight excluding hydrogens is 324 g/mol. The van der Waals surface area contributed by atoms with Crippen LogP contribution in [-0.2, 0) is 9.53 Å². The fourth-order valence-electron chi connectivity index (χ4n) is 2.67. The number of aromatic hydroxyl groups is 1. The van der Waals surface area contributed by atoms with E-state index in [-0.39, 0.29) is 12.2 Å². The molecule has 0 fully saturated rings. The first-order chi connectivity index (χ1) is 12.0. The standard InChI is InChI=1S/C18H16N2O5/c1-10-7-15(21)17(23)18(25-10)12(9-16(22)24-2)11-3-4-13-14(8-11)20-6-5-19-13/h3-8,12,23H,9H2,1-2H3/t12-/m0/s1. The number of aromatic nitrogens is 2. The Hall–Kier alpha value is -3.22. The fraction of sp³-hybridized carbons (Fsp3) is 0.222. The van der Waals surface area contributed by atoms with Crippen LogP contribution in [0.2, 0.25) is 0 Å². The molecule has 0 spiro atoms. The summed E-state index contributed by atoms with van der Waals surface area (Å²) in [6.45, 7) is 1.60. The molecule has 1 aromatic carbocycles. The van der Waals surface area contributed by atoms with E-state index in [0.29, 0.717) is 22.4 Å². The molecular formula is C18H16N2O5. The second-order valence-electron chi connectivity index (χ2n) is 5.57. The van der Waals surface area contributed by atoms with Gasteiger partial charge in [0.05, 0.1) is 30.5 Å². The molecule has 0 saturated carbocycles. The number of fused-ring (bicyclic) bond motifs is 1.